The van der Waals surface area contributed by atoms with E-state index in [9.17, 15) is 8.42 Å². The number of nitrogens with zero attached hydrogens (tertiary/aromatic N) is 3. The van der Waals surface area contributed by atoms with Crippen molar-refractivity contribution in [2.75, 3.05) is 6.54 Å². The molecule has 0 atom stereocenters. The minimum atomic E-state index is -3.52. The zero-order valence-corrected chi connectivity index (χ0v) is 13.7. The molecule has 0 amide bonds. The number of nitrogens with one attached hydrogen (secondary N) is 1. The molecular weight excluding hydrogens is 332 g/mol. The molecule has 0 aliphatic carbocycles. The highest BCUT2D eigenvalue weighted by Gasteiger charge is 2.13. The van der Waals surface area contributed by atoms with Crippen LogP contribution in [0, 0.1) is 0 Å². The topological polar surface area (TPSA) is 84.8 Å². The summed E-state index contributed by atoms with van der Waals surface area (Å²) >= 11 is 1.52. The molecule has 0 aliphatic heterocycles. The van der Waals surface area contributed by atoms with Crippen LogP contribution in [-0.2, 0) is 16.4 Å². The van der Waals surface area contributed by atoms with Crippen molar-refractivity contribution in [3.63, 3.8) is 0 Å². The molecule has 0 spiro atoms. The van der Waals surface area contributed by atoms with Gasteiger partial charge < -0.3 is 0 Å². The predicted octanol–water partition coefficient (Wildman–Crippen LogP) is 2.12. The highest BCUT2D eigenvalue weighted by Crippen LogP contribution is 2.22. The van der Waals surface area contributed by atoms with Gasteiger partial charge in [0.05, 0.1) is 5.69 Å². The van der Waals surface area contributed by atoms with Gasteiger partial charge in [-0.05, 0) is 24.3 Å². The smallest absolute Gasteiger partial charge is 0.242 e. The first kappa shape index (κ1) is 15.7. The maximum atomic E-state index is 12.1. The lowest BCUT2D eigenvalue weighted by Crippen LogP contribution is -2.26. The fourth-order valence-corrected chi connectivity index (χ4v) is 3.79. The van der Waals surface area contributed by atoms with E-state index in [1.165, 1.54) is 29.8 Å². The summed E-state index contributed by atoms with van der Waals surface area (Å²) in [7, 11) is -3.52. The Balaban J connectivity index is 1.61. The van der Waals surface area contributed by atoms with E-state index in [0.717, 1.165) is 16.3 Å². The maximum Gasteiger partial charge on any atom is 0.242 e. The van der Waals surface area contributed by atoms with Gasteiger partial charge in [0.25, 0.3) is 0 Å². The van der Waals surface area contributed by atoms with Gasteiger partial charge in [0.15, 0.2) is 0 Å². The third-order valence-corrected chi connectivity index (χ3v) is 5.46. The monoisotopic (exact) mass is 346 g/mol. The molecule has 0 radical (unpaired) electrons. The van der Waals surface area contributed by atoms with Gasteiger partial charge in [-0.15, -0.1) is 11.3 Å². The second kappa shape index (κ2) is 6.95. The van der Waals surface area contributed by atoms with E-state index in [4.69, 9.17) is 0 Å². The van der Waals surface area contributed by atoms with Crippen LogP contribution in [0.25, 0.3) is 10.6 Å². The quantitative estimate of drug-likeness (QED) is 0.739. The van der Waals surface area contributed by atoms with Gasteiger partial charge in [-0.25, -0.2) is 18.1 Å². The Morgan fingerprint density at radius 1 is 1.09 bits per heavy atom. The molecule has 0 unspecified atom stereocenters. The van der Waals surface area contributed by atoms with Crippen LogP contribution in [0.4, 0.5) is 0 Å². The molecule has 8 heteroatoms. The molecule has 23 heavy (non-hydrogen) atoms. The van der Waals surface area contributed by atoms with Gasteiger partial charge in [0.1, 0.15) is 9.90 Å². The molecule has 3 aromatic heterocycles. The largest absolute Gasteiger partial charge is 0.264 e. The van der Waals surface area contributed by atoms with Crippen molar-refractivity contribution in [1.29, 1.82) is 0 Å². The van der Waals surface area contributed by atoms with Gasteiger partial charge in [-0.3, -0.25) is 9.97 Å². The first-order valence-corrected chi connectivity index (χ1v) is 9.26. The lowest BCUT2D eigenvalue weighted by atomic mass is 10.3. The average molecular weight is 346 g/mol. The Kier molecular flexibility index (Phi) is 4.75. The minimum Gasteiger partial charge on any atom is -0.264 e. The SMILES string of the molecule is O=S(=O)(NCCc1csc(-c2cccnc2)n1)c1cccnc1. The molecule has 0 saturated heterocycles. The standard InChI is InChI=1S/C15H14N4O2S2/c20-23(21,14-4-2-7-17-10-14)18-8-5-13-11-22-15(19-13)12-3-1-6-16-9-12/h1-4,6-7,9-11,18H,5,8H2. The Bertz CT molecular complexity index is 865. The number of hydrogen-bond acceptors (Lipinski definition) is 6. The van der Waals surface area contributed by atoms with Crippen LogP contribution in [-0.4, -0.2) is 29.9 Å². The number of sulfonamides is 1. The second-order valence-electron chi connectivity index (χ2n) is 4.72. The lowest BCUT2D eigenvalue weighted by molar-refractivity contribution is 0.581. The van der Waals surface area contributed by atoms with Crippen LogP contribution < -0.4 is 4.72 Å². The molecule has 0 aromatic carbocycles. The van der Waals surface area contributed by atoms with E-state index in [0.29, 0.717) is 6.42 Å². The van der Waals surface area contributed by atoms with E-state index in [-0.39, 0.29) is 11.4 Å². The summed E-state index contributed by atoms with van der Waals surface area (Å²) in [6.45, 7) is 0.285. The summed E-state index contributed by atoms with van der Waals surface area (Å²) in [5.41, 5.74) is 1.81. The molecule has 0 aliphatic rings. The highest BCUT2D eigenvalue weighted by atomic mass is 32.2. The van der Waals surface area contributed by atoms with Crippen molar-refractivity contribution in [1.82, 2.24) is 19.7 Å². The number of aromatic nitrogens is 3. The molecular formula is C15H14N4O2S2. The zero-order valence-electron chi connectivity index (χ0n) is 12.1. The molecule has 6 nitrogen and oxygen atoms in total. The van der Waals surface area contributed by atoms with Crippen molar-refractivity contribution < 1.29 is 8.42 Å². The summed E-state index contributed by atoms with van der Waals surface area (Å²) in [4.78, 5) is 12.6. The molecule has 0 fully saturated rings. The van der Waals surface area contributed by atoms with Crippen molar-refractivity contribution in [2.45, 2.75) is 11.3 Å². The number of pyridine rings is 2. The Morgan fingerprint density at radius 2 is 1.87 bits per heavy atom. The van der Waals surface area contributed by atoms with Crippen molar-refractivity contribution in [3.8, 4) is 10.6 Å². The molecule has 3 rings (SSSR count). The molecule has 3 aromatic rings. The Morgan fingerprint density at radius 3 is 2.57 bits per heavy atom. The molecule has 118 valence electrons. The van der Waals surface area contributed by atoms with E-state index < -0.39 is 10.0 Å². The van der Waals surface area contributed by atoms with Gasteiger partial charge in [0.2, 0.25) is 10.0 Å². The molecule has 0 bridgehead atoms. The zero-order chi connectivity index (χ0) is 16.1. The van der Waals surface area contributed by atoms with Crippen molar-refractivity contribution >= 4 is 21.4 Å². The number of rotatable bonds is 6. The molecule has 1 N–H and O–H groups in total. The summed E-state index contributed by atoms with van der Waals surface area (Å²) < 4.78 is 26.7. The Hall–Kier alpha value is -2.16. The summed E-state index contributed by atoms with van der Waals surface area (Å²) in [6.07, 6.45) is 6.86. The maximum absolute atomic E-state index is 12.1. The van der Waals surface area contributed by atoms with Gasteiger partial charge >= 0.3 is 0 Å². The molecule has 0 saturated carbocycles. The van der Waals surface area contributed by atoms with E-state index in [1.54, 1.807) is 18.5 Å². The normalized spacial score (nSPS) is 11.5. The number of hydrogen-bond donors (Lipinski definition) is 1. The fourth-order valence-electron chi connectivity index (χ4n) is 1.95. The first-order valence-electron chi connectivity index (χ1n) is 6.90. The third-order valence-electron chi connectivity index (χ3n) is 3.08. The summed E-state index contributed by atoms with van der Waals surface area (Å²) in [5.74, 6) is 0. The van der Waals surface area contributed by atoms with Crippen molar-refractivity contribution in [2.24, 2.45) is 0 Å². The van der Waals surface area contributed by atoms with Crippen LogP contribution in [0.15, 0.2) is 59.3 Å². The van der Waals surface area contributed by atoms with Crippen LogP contribution in [0.1, 0.15) is 5.69 Å². The lowest BCUT2D eigenvalue weighted by Gasteiger charge is -2.05. The first-order chi connectivity index (χ1) is 11.1. The van der Waals surface area contributed by atoms with Crippen LogP contribution in [0.3, 0.4) is 0 Å². The van der Waals surface area contributed by atoms with Crippen molar-refractivity contribution in [3.05, 3.63) is 60.1 Å². The predicted molar refractivity (Wildman–Crippen MR) is 88.5 cm³/mol. The highest BCUT2D eigenvalue weighted by molar-refractivity contribution is 7.89. The van der Waals surface area contributed by atoms with Crippen LogP contribution in [0.5, 0.6) is 0 Å². The summed E-state index contributed by atoms with van der Waals surface area (Å²) in [5, 5.41) is 2.81. The van der Waals surface area contributed by atoms with E-state index in [2.05, 4.69) is 19.7 Å². The average Bonchev–Trinajstić information content (AvgIpc) is 3.05. The second-order valence-corrected chi connectivity index (χ2v) is 7.35. The minimum absolute atomic E-state index is 0.161. The third kappa shape index (κ3) is 3.98. The van der Waals surface area contributed by atoms with E-state index >= 15 is 0 Å². The number of thiazole rings is 1. The molecule has 3 heterocycles. The van der Waals surface area contributed by atoms with E-state index in [1.807, 2.05) is 17.5 Å². The van der Waals surface area contributed by atoms with Gasteiger partial charge in [0, 0.05) is 48.7 Å². The summed E-state index contributed by atoms with van der Waals surface area (Å²) in [6, 6.07) is 6.91. The van der Waals surface area contributed by atoms with Gasteiger partial charge in [-0.1, -0.05) is 0 Å². The van der Waals surface area contributed by atoms with Crippen LogP contribution in [0.2, 0.25) is 0 Å². The Labute approximate surface area is 138 Å². The van der Waals surface area contributed by atoms with Gasteiger partial charge in [-0.2, -0.15) is 0 Å². The fraction of sp³-hybridized carbons (Fsp3) is 0.133. The van der Waals surface area contributed by atoms with Crippen LogP contribution >= 0.6 is 11.3 Å².